The third kappa shape index (κ3) is 3.97. The largest absolute Gasteiger partial charge is 0.480 e. The van der Waals surface area contributed by atoms with Crippen LogP contribution < -0.4 is 9.80 Å². The predicted octanol–water partition coefficient (Wildman–Crippen LogP) is 5.04. The van der Waals surface area contributed by atoms with Gasteiger partial charge in [0.05, 0.1) is 11.4 Å². The molecule has 1 N–H and O–H groups in total. The Balaban J connectivity index is 1.61. The second-order valence-corrected chi connectivity index (χ2v) is 8.71. The van der Waals surface area contributed by atoms with Crippen molar-refractivity contribution in [3.63, 3.8) is 0 Å². The summed E-state index contributed by atoms with van der Waals surface area (Å²) < 4.78 is 1.66. The highest BCUT2D eigenvalue weighted by Crippen LogP contribution is 2.30. The Bertz CT molecular complexity index is 1480. The Hall–Kier alpha value is -4.56. The van der Waals surface area contributed by atoms with Gasteiger partial charge >= 0.3 is 5.97 Å². The van der Waals surface area contributed by atoms with Crippen LogP contribution in [0.1, 0.15) is 18.5 Å². The zero-order valence-electron chi connectivity index (χ0n) is 19.2. The minimum Gasteiger partial charge on any atom is -0.480 e. The SMILES string of the molecule is C[C@@H](C(=O)O)n1ccc2cc(C=C3C(=O)N(c4ccccc4)C(=S)N(c4ccccc4)C3=O)ccc21. The van der Waals surface area contributed by atoms with Gasteiger partial charge in [-0.05, 0) is 73.2 Å². The third-order valence-corrected chi connectivity index (χ3v) is 6.47. The van der Waals surface area contributed by atoms with Gasteiger partial charge in [-0.2, -0.15) is 0 Å². The second kappa shape index (κ2) is 9.24. The van der Waals surface area contributed by atoms with E-state index < -0.39 is 23.8 Å². The quantitative estimate of drug-likeness (QED) is 0.238. The van der Waals surface area contributed by atoms with Crippen LogP contribution in [-0.4, -0.2) is 32.6 Å². The maximum Gasteiger partial charge on any atom is 0.326 e. The highest BCUT2D eigenvalue weighted by molar-refractivity contribution is 7.81. The number of para-hydroxylation sites is 2. The molecule has 8 heteroatoms. The first-order chi connectivity index (χ1) is 17.4. The first-order valence-corrected chi connectivity index (χ1v) is 11.7. The summed E-state index contributed by atoms with van der Waals surface area (Å²) in [5.74, 6) is -1.96. The number of rotatable bonds is 5. The lowest BCUT2D eigenvalue weighted by molar-refractivity contribution is -0.140. The average molecular weight is 496 g/mol. The van der Waals surface area contributed by atoms with E-state index in [4.69, 9.17) is 12.2 Å². The van der Waals surface area contributed by atoms with E-state index in [1.807, 2.05) is 24.3 Å². The van der Waals surface area contributed by atoms with Crippen LogP contribution in [0.2, 0.25) is 0 Å². The molecule has 0 unspecified atom stereocenters. The highest BCUT2D eigenvalue weighted by Gasteiger charge is 2.41. The van der Waals surface area contributed by atoms with E-state index >= 15 is 0 Å². The van der Waals surface area contributed by atoms with E-state index in [2.05, 4.69) is 0 Å². The van der Waals surface area contributed by atoms with Crippen molar-refractivity contribution in [2.75, 3.05) is 9.80 Å². The number of amides is 2. The normalized spacial score (nSPS) is 14.9. The van der Waals surface area contributed by atoms with E-state index in [0.717, 1.165) is 10.9 Å². The van der Waals surface area contributed by atoms with E-state index in [1.165, 1.54) is 9.80 Å². The summed E-state index contributed by atoms with van der Waals surface area (Å²) in [5.41, 5.74) is 2.46. The van der Waals surface area contributed by atoms with E-state index in [9.17, 15) is 19.5 Å². The molecule has 3 aromatic carbocycles. The van der Waals surface area contributed by atoms with Crippen molar-refractivity contribution in [3.8, 4) is 0 Å². The number of fused-ring (bicyclic) bond motifs is 1. The fraction of sp³-hybridized carbons (Fsp3) is 0.0714. The lowest BCUT2D eigenvalue weighted by atomic mass is 10.0. The Morgan fingerprint density at radius 1 is 0.861 bits per heavy atom. The molecule has 0 saturated carbocycles. The summed E-state index contributed by atoms with van der Waals surface area (Å²) in [5, 5.41) is 10.2. The summed E-state index contributed by atoms with van der Waals surface area (Å²) in [6.45, 7) is 1.61. The molecule has 1 fully saturated rings. The molecule has 0 radical (unpaired) electrons. The van der Waals surface area contributed by atoms with Crippen LogP contribution >= 0.6 is 12.2 Å². The van der Waals surface area contributed by atoms with Crippen LogP contribution in [-0.2, 0) is 14.4 Å². The van der Waals surface area contributed by atoms with Crippen molar-refractivity contribution in [3.05, 3.63) is 102 Å². The molecule has 1 aliphatic heterocycles. The molecule has 1 aliphatic rings. The molecule has 0 aliphatic carbocycles. The number of carbonyl (C=O) groups excluding carboxylic acids is 2. The van der Waals surface area contributed by atoms with Gasteiger partial charge in [0, 0.05) is 17.1 Å². The lowest BCUT2D eigenvalue weighted by Gasteiger charge is -2.36. The third-order valence-electron chi connectivity index (χ3n) is 6.11. The first kappa shape index (κ1) is 23.2. The maximum atomic E-state index is 13.6. The molecule has 1 atom stereocenters. The minimum atomic E-state index is -0.935. The Morgan fingerprint density at radius 3 is 1.94 bits per heavy atom. The molecule has 1 aromatic heterocycles. The summed E-state index contributed by atoms with van der Waals surface area (Å²) in [4.78, 5) is 41.4. The number of carboxylic acid groups (broad SMARTS) is 1. The summed E-state index contributed by atoms with van der Waals surface area (Å²) >= 11 is 5.63. The lowest BCUT2D eigenvalue weighted by Crippen LogP contribution is -2.56. The predicted molar refractivity (Wildman–Crippen MR) is 143 cm³/mol. The van der Waals surface area contributed by atoms with Crippen molar-refractivity contribution >= 4 is 63.5 Å². The Kier molecular flexibility index (Phi) is 5.95. The van der Waals surface area contributed by atoms with Crippen LogP contribution in [0.25, 0.3) is 17.0 Å². The fourth-order valence-electron chi connectivity index (χ4n) is 4.23. The second-order valence-electron chi connectivity index (χ2n) is 8.35. The number of nitrogens with zero attached hydrogens (tertiary/aromatic N) is 3. The topological polar surface area (TPSA) is 82.8 Å². The van der Waals surface area contributed by atoms with Gasteiger partial charge in [-0.15, -0.1) is 0 Å². The molecule has 2 heterocycles. The molecule has 0 bridgehead atoms. The van der Waals surface area contributed by atoms with Gasteiger partial charge in [0.1, 0.15) is 11.6 Å². The van der Waals surface area contributed by atoms with Gasteiger partial charge in [-0.25, -0.2) is 4.79 Å². The van der Waals surface area contributed by atoms with Crippen molar-refractivity contribution < 1.29 is 19.5 Å². The van der Waals surface area contributed by atoms with Crippen molar-refractivity contribution in [1.82, 2.24) is 4.57 Å². The maximum absolute atomic E-state index is 13.6. The summed E-state index contributed by atoms with van der Waals surface area (Å²) in [6.07, 6.45) is 3.26. The average Bonchev–Trinajstić information content (AvgIpc) is 3.30. The Morgan fingerprint density at radius 2 is 1.42 bits per heavy atom. The molecule has 36 heavy (non-hydrogen) atoms. The van der Waals surface area contributed by atoms with Gasteiger partial charge in [0.15, 0.2) is 5.11 Å². The number of aromatic nitrogens is 1. The van der Waals surface area contributed by atoms with E-state index in [0.29, 0.717) is 16.9 Å². The van der Waals surface area contributed by atoms with Gasteiger partial charge in [0.25, 0.3) is 11.8 Å². The number of hydrogen-bond donors (Lipinski definition) is 1. The molecule has 1 saturated heterocycles. The molecule has 178 valence electrons. The van der Waals surface area contributed by atoms with Crippen LogP contribution in [0.5, 0.6) is 0 Å². The number of hydrogen-bond acceptors (Lipinski definition) is 4. The number of thiocarbonyl (C=S) groups is 1. The van der Waals surface area contributed by atoms with Gasteiger partial charge < -0.3 is 9.67 Å². The minimum absolute atomic E-state index is 0.0333. The molecule has 4 aromatic rings. The molecular weight excluding hydrogens is 474 g/mol. The zero-order valence-corrected chi connectivity index (χ0v) is 20.1. The fourth-order valence-corrected chi connectivity index (χ4v) is 4.61. The number of anilines is 2. The smallest absolute Gasteiger partial charge is 0.326 e. The first-order valence-electron chi connectivity index (χ1n) is 11.2. The van der Waals surface area contributed by atoms with Crippen LogP contribution in [0, 0.1) is 0 Å². The van der Waals surface area contributed by atoms with Crippen molar-refractivity contribution in [2.45, 2.75) is 13.0 Å². The van der Waals surface area contributed by atoms with Gasteiger partial charge in [-0.1, -0.05) is 42.5 Å². The number of benzene rings is 3. The standard InChI is InChI=1S/C28H21N3O4S/c1-18(27(34)35)29-15-14-20-16-19(12-13-24(20)29)17-23-25(32)30(21-8-4-2-5-9-21)28(36)31(26(23)33)22-10-6-3-7-11-22/h2-18H,1H3,(H,34,35)/t18-/m0/s1. The van der Waals surface area contributed by atoms with E-state index in [1.54, 1.807) is 84.4 Å². The van der Waals surface area contributed by atoms with Crippen molar-refractivity contribution in [2.24, 2.45) is 0 Å². The number of aliphatic carboxylic acids is 1. The monoisotopic (exact) mass is 495 g/mol. The van der Waals surface area contributed by atoms with Crippen LogP contribution in [0.15, 0.2) is 96.7 Å². The van der Waals surface area contributed by atoms with Gasteiger partial charge in [-0.3, -0.25) is 19.4 Å². The summed E-state index contributed by atoms with van der Waals surface area (Å²) in [7, 11) is 0. The van der Waals surface area contributed by atoms with Crippen LogP contribution in [0.4, 0.5) is 11.4 Å². The van der Waals surface area contributed by atoms with Gasteiger partial charge in [0.2, 0.25) is 0 Å². The molecule has 7 nitrogen and oxygen atoms in total. The van der Waals surface area contributed by atoms with Crippen LogP contribution in [0.3, 0.4) is 0 Å². The molecule has 2 amide bonds. The molecular formula is C28H21N3O4S. The number of carboxylic acids is 1. The molecule has 0 spiro atoms. The van der Waals surface area contributed by atoms with Crippen molar-refractivity contribution in [1.29, 1.82) is 0 Å². The van der Waals surface area contributed by atoms with E-state index in [-0.39, 0.29) is 10.7 Å². The summed E-state index contributed by atoms with van der Waals surface area (Å²) in [6, 6.07) is 24.4. The number of carbonyl (C=O) groups is 3. The highest BCUT2D eigenvalue weighted by atomic mass is 32.1. The Labute approximate surface area is 212 Å². The molecule has 5 rings (SSSR count). The zero-order chi connectivity index (χ0) is 25.4.